The van der Waals surface area contributed by atoms with Gasteiger partial charge in [-0.1, -0.05) is 0 Å². The van der Waals surface area contributed by atoms with Crippen LogP contribution in [0.1, 0.15) is 22.5 Å². The fraction of sp³-hybridized carbons (Fsp3) is 0.353. The van der Waals surface area contributed by atoms with Crippen LogP contribution in [-0.2, 0) is 16.1 Å². The smallest absolute Gasteiger partial charge is 0.328 e. The van der Waals surface area contributed by atoms with Gasteiger partial charge in [0.2, 0.25) is 0 Å². The molecule has 1 aromatic heterocycles. The quantitative estimate of drug-likeness (QED) is 0.591. The second-order valence-electron chi connectivity index (χ2n) is 5.34. The highest BCUT2D eigenvalue weighted by Crippen LogP contribution is 2.11. The van der Waals surface area contributed by atoms with Gasteiger partial charge in [-0.25, -0.2) is 9.78 Å². The van der Waals surface area contributed by atoms with Gasteiger partial charge in [0.05, 0.1) is 25.7 Å². The van der Waals surface area contributed by atoms with Crippen molar-refractivity contribution in [1.82, 2.24) is 15.3 Å². The van der Waals surface area contributed by atoms with Crippen molar-refractivity contribution in [3.63, 3.8) is 0 Å². The van der Waals surface area contributed by atoms with Crippen molar-refractivity contribution in [1.29, 1.82) is 0 Å². The molecule has 0 fully saturated rings. The average molecular weight is 362 g/mol. The van der Waals surface area contributed by atoms with Crippen molar-refractivity contribution in [2.45, 2.75) is 19.0 Å². The van der Waals surface area contributed by atoms with Crippen LogP contribution in [0.3, 0.4) is 0 Å². The molecule has 7 nitrogen and oxygen atoms in total. The molecule has 0 aliphatic rings. The number of methoxy groups -OCH3 is 1. The summed E-state index contributed by atoms with van der Waals surface area (Å²) in [5.74, 6) is 0.0353. The lowest BCUT2D eigenvalue weighted by Gasteiger charge is -2.16. The molecule has 8 heteroatoms. The zero-order valence-electron chi connectivity index (χ0n) is 14.2. The lowest BCUT2D eigenvalue weighted by atomic mass is 10.1. The first-order valence-corrected chi connectivity index (χ1v) is 9.22. The molecule has 0 radical (unpaired) electrons. The minimum atomic E-state index is -0.636. The van der Waals surface area contributed by atoms with Gasteiger partial charge in [0.25, 0.3) is 5.91 Å². The Kier molecular flexibility index (Phi) is 7.34. The maximum Gasteiger partial charge on any atom is 0.328 e. The molecule has 1 amide bonds. The number of rotatable bonds is 9. The molecule has 0 aliphatic carbocycles. The van der Waals surface area contributed by atoms with Gasteiger partial charge in [0.15, 0.2) is 0 Å². The number of aromatic nitrogens is 2. The standard InChI is InChI=1S/C17H22N4O3S/c1-24-17(23)15(7-8-25-2)21-16(22)12-3-5-13(6-4-12)19-10-14-9-18-11-20-14/h3-6,9,11,15,19H,7-8,10H2,1-2H3,(H,18,20)(H,21,22)/t15-/m0/s1. The molecule has 0 saturated carbocycles. The third-order valence-electron chi connectivity index (χ3n) is 3.59. The highest BCUT2D eigenvalue weighted by atomic mass is 32.2. The summed E-state index contributed by atoms with van der Waals surface area (Å²) in [6.07, 6.45) is 5.85. The molecule has 1 aromatic carbocycles. The van der Waals surface area contributed by atoms with Gasteiger partial charge in [-0.05, 0) is 42.7 Å². The SMILES string of the molecule is COC(=O)[C@H](CCSC)NC(=O)c1ccc(NCc2cnc[nH]2)cc1. The number of aromatic amines is 1. The number of esters is 1. The van der Waals surface area contributed by atoms with Gasteiger partial charge in [0.1, 0.15) is 6.04 Å². The maximum absolute atomic E-state index is 12.3. The molecule has 1 atom stereocenters. The van der Waals surface area contributed by atoms with Gasteiger partial charge >= 0.3 is 5.97 Å². The normalized spacial score (nSPS) is 11.6. The van der Waals surface area contributed by atoms with Gasteiger partial charge in [0, 0.05) is 17.4 Å². The number of ether oxygens (including phenoxy) is 1. The number of nitrogens with one attached hydrogen (secondary N) is 3. The number of H-pyrrole nitrogens is 1. The van der Waals surface area contributed by atoms with Crippen molar-refractivity contribution in [2.24, 2.45) is 0 Å². The second kappa shape index (κ2) is 9.73. The fourth-order valence-corrected chi connectivity index (χ4v) is 2.66. The molecule has 3 N–H and O–H groups in total. The number of amides is 1. The molecule has 0 aliphatic heterocycles. The van der Waals surface area contributed by atoms with Crippen molar-refractivity contribution in [2.75, 3.05) is 24.4 Å². The van der Waals surface area contributed by atoms with Crippen LogP contribution < -0.4 is 10.6 Å². The fourth-order valence-electron chi connectivity index (χ4n) is 2.19. The second-order valence-corrected chi connectivity index (χ2v) is 6.32. The van der Waals surface area contributed by atoms with E-state index in [0.717, 1.165) is 17.1 Å². The van der Waals surface area contributed by atoms with Crippen LogP contribution in [0.25, 0.3) is 0 Å². The van der Waals surface area contributed by atoms with Crippen LogP contribution in [-0.4, -0.2) is 47.0 Å². The predicted octanol–water partition coefficient (Wildman–Crippen LogP) is 2.05. The van der Waals surface area contributed by atoms with Gasteiger partial charge in [-0.3, -0.25) is 4.79 Å². The number of benzene rings is 1. The molecule has 25 heavy (non-hydrogen) atoms. The van der Waals surface area contributed by atoms with E-state index in [-0.39, 0.29) is 5.91 Å². The van der Waals surface area contributed by atoms with Crippen LogP contribution in [0.2, 0.25) is 0 Å². The number of hydrogen-bond donors (Lipinski definition) is 3. The topological polar surface area (TPSA) is 96.1 Å². The van der Waals surface area contributed by atoms with E-state index in [4.69, 9.17) is 4.74 Å². The summed E-state index contributed by atoms with van der Waals surface area (Å²) >= 11 is 1.61. The van der Waals surface area contributed by atoms with Crippen LogP contribution in [0.15, 0.2) is 36.8 Å². The number of anilines is 1. The van der Waals surface area contributed by atoms with Crippen molar-refractivity contribution >= 4 is 29.3 Å². The van der Waals surface area contributed by atoms with E-state index < -0.39 is 12.0 Å². The molecule has 134 valence electrons. The van der Waals surface area contributed by atoms with E-state index >= 15 is 0 Å². The molecular weight excluding hydrogens is 340 g/mol. The lowest BCUT2D eigenvalue weighted by molar-refractivity contribution is -0.142. The van der Waals surface area contributed by atoms with E-state index in [1.54, 1.807) is 36.4 Å². The Morgan fingerprint density at radius 2 is 2.08 bits per heavy atom. The van der Waals surface area contributed by atoms with Crippen LogP contribution >= 0.6 is 11.8 Å². The van der Waals surface area contributed by atoms with Gasteiger partial charge < -0.3 is 20.4 Å². The molecule has 2 rings (SSSR count). The minimum absolute atomic E-state index is 0.295. The maximum atomic E-state index is 12.3. The summed E-state index contributed by atoms with van der Waals surface area (Å²) in [7, 11) is 1.32. The Bertz CT molecular complexity index is 674. The number of thioether (sulfide) groups is 1. The number of carbonyl (C=O) groups is 2. The van der Waals surface area contributed by atoms with Crippen molar-refractivity contribution in [3.05, 3.63) is 48.0 Å². The van der Waals surface area contributed by atoms with E-state index in [1.165, 1.54) is 7.11 Å². The zero-order valence-corrected chi connectivity index (χ0v) is 15.1. The van der Waals surface area contributed by atoms with E-state index in [1.807, 2.05) is 18.4 Å². The van der Waals surface area contributed by atoms with Gasteiger partial charge in [-0.2, -0.15) is 11.8 Å². The van der Waals surface area contributed by atoms with E-state index in [9.17, 15) is 9.59 Å². The highest BCUT2D eigenvalue weighted by Gasteiger charge is 2.21. The number of hydrogen-bond acceptors (Lipinski definition) is 6. The predicted molar refractivity (Wildman–Crippen MR) is 98.6 cm³/mol. The summed E-state index contributed by atoms with van der Waals surface area (Å²) in [4.78, 5) is 31.1. The van der Waals surface area contributed by atoms with E-state index in [2.05, 4.69) is 20.6 Å². The summed E-state index contributed by atoms with van der Waals surface area (Å²) in [6, 6.07) is 6.44. The Morgan fingerprint density at radius 1 is 1.32 bits per heavy atom. The first kappa shape index (κ1) is 18.9. The Morgan fingerprint density at radius 3 is 2.68 bits per heavy atom. The minimum Gasteiger partial charge on any atom is -0.467 e. The monoisotopic (exact) mass is 362 g/mol. The van der Waals surface area contributed by atoms with Crippen molar-refractivity contribution in [3.8, 4) is 0 Å². The Hall–Kier alpha value is -2.48. The summed E-state index contributed by atoms with van der Waals surface area (Å²) in [5, 5.41) is 5.96. The highest BCUT2D eigenvalue weighted by molar-refractivity contribution is 7.98. The lowest BCUT2D eigenvalue weighted by Crippen LogP contribution is -2.41. The number of imidazole rings is 1. The summed E-state index contributed by atoms with van der Waals surface area (Å²) in [6.45, 7) is 0.616. The molecule has 1 heterocycles. The molecule has 0 spiro atoms. The molecule has 0 unspecified atom stereocenters. The van der Waals surface area contributed by atoms with E-state index in [0.29, 0.717) is 18.5 Å². The first-order chi connectivity index (χ1) is 12.1. The molecule has 0 bridgehead atoms. The number of nitrogens with zero attached hydrogens (tertiary/aromatic N) is 1. The molecular formula is C17H22N4O3S. The third kappa shape index (κ3) is 5.82. The van der Waals surface area contributed by atoms with Gasteiger partial charge in [-0.15, -0.1) is 0 Å². The Balaban J connectivity index is 1.92. The third-order valence-corrected chi connectivity index (χ3v) is 4.23. The summed E-state index contributed by atoms with van der Waals surface area (Å²) in [5.41, 5.74) is 2.35. The average Bonchev–Trinajstić information content (AvgIpc) is 3.16. The summed E-state index contributed by atoms with van der Waals surface area (Å²) < 4.78 is 4.75. The van der Waals surface area contributed by atoms with Crippen LogP contribution in [0.4, 0.5) is 5.69 Å². The first-order valence-electron chi connectivity index (χ1n) is 7.83. The van der Waals surface area contributed by atoms with Crippen LogP contribution in [0, 0.1) is 0 Å². The van der Waals surface area contributed by atoms with Crippen LogP contribution in [0.5, 0.6) is 0 Å². The zero-order chi connectivity index (χ0) is 18.1. The molecule has 0 saturated heterocycles. The molecule has 2 aromatic rings. The Labute approximate surface area is 150 Å². The largest absolute Gasteiger partial charge is 0.467 e. The number of carbonyl (C=O) groups excluding carboxylic acids is 2. The van der Waals surface area contributed by atoms with Crippen molar-refractivity contribution < 1.29 is 14.3 Å².